The molecule has 5 heteroatoms. The molecule has 0 bridgehead atoms. The molecule has 0 aliphatic heterocycles. The number of hydrogen-bond acceptors (Lipinski definition) is 3. The molecule has 34 heavy (non-hydrogen) atoms. The van der Waals surface area contributed by atoms with Crippen molar-refractivity contribution < 1.29 is 19.4 Å². The monoisotopic (exact) mass is 455 g/mol. The summed E-state index contributed by atoms with van der Waals surface area (Å²) in [4.78, 5) is 27.7. The van der Waals surface area contributed by atoms with Gasteiger partial charge in [0.1, 0.15) is 6.61 Å². The summed E-state index contributed by atoms with van der Waals surface area (Å²) in [7, 11) is 0. The van der Waals surface area contributed by atoms with E-state index in [0.717, 1.165) is 33.4 Å². The van der Waals surface area contributed by atoms with Gasteiger partial charge in [-0.3, -0.25) is 4.90 Å². The molecule has 5 nitrogen and oxygen atoms in total. The quantitative estimate of drug-likeness (QED) is 0.532. The Hall–Kier alpha value is -3.60. The van der Waals surface area contributed by atoms with Crippen LogP contribution in [-0.4, -0.2) is 40.8 Å². The van der Waals surface area contributed by atoms with Crippen molar-refractivity contribution in [2.45, 2.75) is 38.1 Å². The zero-order chi connectivity index (χ0) is 23.9. The number of carbonyl (C=O) groups is 2. The summed E-state index contributed by atoms with van der Waals surface area (Å²) in [5, 5.41) is 10.4. The fraction of sp³-hybridized carbons (Fsp3) is 0.310. The van der Waals surface area contributed by atoms with Gasteiger partial charge in [-0.05, 0) is 39.3 Å². The first-order valence-electron chi connectivity index (χ1n) is 11.8. The van der Waals surface area contributed by atoms with Crippen LogP contribution < -0.4 is 0 Å². The second-order valence-corrected chi connectivity index (χ2v) is 9.77. The van der Waals surface area contributed by atoms with Crippen molar-refractivity contribution in [1.29, 1.82) is 0 Å². The molecule has 3 aromatic rings. The zero-order valence-electron chi connectivity index (χ0n) is 19.5. The molecular weight excluding hydrogens is 426 g/mol. The molecule has 0 heterocycles. The van der Waals surface area contributed by atoms with E-state index >= 15 is 0 Å². The second-order valence-electron chi connectivity index (χ2n) is 9.77. The number of rotatable bonds is 6. The summed E-state index contributed by atoms with van der Waals surface area (Å²) in [6.45, 7) is 4.46. The Bertz CT molecular complexity index is 1180. The third kappa shape index (κ3) is 3.65. The van der Waals surface area contributed by atoms with Gasteiger partial charge in [0.2, 0.25) is 0 Å². The SMILES string of the molecule is CC(C)CN(C(=O)OCC1c2ccccc2-c2ccccc21)C1(C(=O)O)Cc2ccccc2C1. The Balaban J connectivity index is 1.43. The summed E-state index contributed by atoms with van der Waals surface area (Å²) in [5.74, 6) is -0.961. The first kappa shape index (κ1) is 22.2. The van der Waals surface area contributed by atoms with E-state index in [2.05, 4.69) is 24.3 Å². The minimum absolute atomic E-state index is 0.0706. The minimum Gasteiger partial charge on any atom is -0.479 e. The lowest BCUT2D eigenvalue weighted by atomic mass is 9.92. The third-order valence-electron chi connectivity index (χ3n) is 7.10. The predicted octanol–water partition coefficient (Wildman–Crippen LogP) is 5.52. The Morgan fingerprint density at radius 2 is 1.41 bits per heavy atom. The van der Waals surface area contributed by atoms with Gasteiger partial charge in [-0.15, -0.1) is 0 Å². The minimum atomic E-state index is -1.34. The largest absolute Gasteiger partial charge is 0.479 e. The molecule has 0 unspecified atom stereocenters. The van der Waals surface area contributed by atoms with Crippen LogP contribution in [0.5, 0.6) is 0 Å². The smallest absolute Gasteiger partial charge is 0.410 e. The highest BCUT2D eigenvalue weighted by atomic mass is 16.6. The van der Waals surface area contributed by atoms with Gasteiger partial charge in [0.05, 0.1) is 0 Å². The molecule has 2 aliphatic rings. The molecular formula is C29H29NO4. The number of carbonyl (C=O) groups excluding carboxylic acids is 1. The van der Waals surface area contributed by atoms with Crippen LogP contribution >= 0.6 is 0 Å². The Morgan fingerprint density at radius 1 is 0.912 bits per heavy atom. The van der Waals surface area contributed by atoms with Crippen molar-refractivity contribution in [2.24, 2.45) is 5.92 Å². The molecule has 0 fully saturated rings. The topological polar surface area (TPSA) is 66.8 Å². The van der Waals surface area contributed by atoms with E-state index in [4.69, 9.17) is 4.74 Å². The average molecular weight is 456 g/mol. The third-order valence-corrected chi connectivity index (χ3v) is 7.10. The van der Waals surface area contributed by atoms with Gasteiger partial charge in [0.15, 0.2) is 5.54 Å². The number of carboxylic acids is 1. The van der Waals surface area contributed by atoms with Gasteiger partial charge in [0, 0.05) is 25.3 Å². The van der Waals surface area contributed by atoms with Crippen LogP contribution in [0.3, 0.4) is 0 Å². The highest BCUT2D eigenvalue weighted by Gasteiger charge is 2.51. The summed E-state index contributed by atoms with van der Waals surface area (Å²) in [6, 6.07) is 24.1. The second kappa shape index (κ2) is 8.64. The maximum atomic E-state index is 13.5. The number of carboxylic acid groups (broad SMARTS) is 1. The van der Waals surface area contributed by atoms with Gasteiger partial charge in [-0.2, -0.15) is 0 Å². The normalized spacial score (nSPS) is 15.5. The summed E-state index contributed by atoms with van der Waals surface area (Å²) in [5.41, 5.74) is 5.20. The van der Waals surface area contributed by atoms with Gasteiger partial charge in [-0.1, -0.05) is 86.6 Å². The zero-order valence-corrected chi connectivity index (χ0v) is 19.5. The summed E-state index contributed by atoms with van der Waals surface area (Å²) >= 11 is 0. The van der Waals surface area contributed by atoms with Crippen molar-refractivity contribution in [3.05, 3.63) is 95.1 Å². The van der Waals surface area contributed by atoms with Crippen LogP contribution in [0.2, 0.25) is 0 Å². The fourth-order valence-electron chi connectivity index (χ4n) is 5.51. The van der Waals surface area contributed by atoms with Gasteiger partial charge < -0.3 is 9.84 Å². The molecule has 0 saturated carbocycles. The number of aliphatic carboxylic acids is 1. The molecule has 0 spiro atoms. The van der Waals surface area contributed by atoms with E-state index in [-0.39, 0.29) is 31.3 Å². The summed E-state index contributed by atoms with van der Waals surface area (Å²) < 4.78 is 5.91. The van der Waals surface area contributed by atoms with Crippen molar-refractivity contribution >= 4 is 12.1 Å². The molecule has 0 saturated heterocycles. The Morgan fingerprint density at radius 3 is 1.91 bits per heavy atom. The van der Waals surface area contributed by atoms with Crippen LogP contribution in [0.25, 0.3) is 11.1 Å². The van der Waals surface area contributed by atoms with Crippen molar-refractivity contribution in [3.8, 4) is 11.1 Å². The molecule has 0 atom stereocenters. The van der Waals surface area contributed by atoms with Crippen LogP contribution in [-0.2, 0) is 22.4 Å². The van der Waals surface area contributed by atoms with Crippen LogP contribution in [0.15, 0.2) is 72.8 Å². The number of fused-ring (bicyclic) bond motifs is 4. The highest BCUT2D eigenvalue weighted by Crippen LogP contribution is 2.45. The van der Waals surface area contributed by atoms with Crippen LogP contribution in [0.1, 0.15) is 42.0 Å². The first-order valence-corrected chi connectivity index (χ1v) is 11.8. The molecule has 2 aliphatic carbocycles. The number of benzene rings is 3. The Labute approximate surface area is 200 Å². The number of ether oxygens (including phenoxy) is 1. The van der Waals surface area contributed by atoms with Crippen molar-refractivity contribution in [3.63, 3.8) is 0 Å². The van der Waals surface area contributed by atoms with E-state index in [1.165, 1.54) is 4.90 Å². The van der Waals surface area contributed by atoms with Crippen molar-refractivity contribution in [2.75, 3.05) is 13.2 Å². The number of hydrogen-bond donors (Lipinski definition) is 1. The molecule has 1 amide bonds. The van der Waals surface area contributed by atoms with E-state index in [1.54, 1.807) is 0 Å². The highest BCUT2D eigenvalue weighted by molar-refractivity contribution is 5.87. The van der Waals surface area contributed by atoms with E-state index in [0.29, 0.717) is 6.54 Å². The van der Waals surface area contributed by atoms with E-state index < -0.39 is 17.6 Å². The maximum Gasteiger partial charge on any atom is 0.410 e. The number of nitrogens with zero attached hydrogens (tertiary/aromatic N) is 1. The average Bonchev–Trinajstić information content (AvgIpc) is 3.38. The first-order chi connectivity index (χ1) is 16.4. The van der Waals surface area contributed by atoms with E-state index in [1.807, 2.05) is 62.4 Å². The van der Waals surface area contributed by atoms with E-state index in [9.17, 15) is 14.7 Å². The van der Waals surface area contributed by atoms with Crippen LogP contribution in [0.4, 0.5) is 4.79 Å². The fourth-order valence-corrected chi connectivity index (χ4v) is 5.51. The lowest BCUT2D eigenvalue weighted by Crippen LogP contribution is -2.59. The molecule has 3 aromatic carbocycles. The lowest BCUT2D eigenvalue weighted by molar-refractivity contribution is -0.150. The molecule has 1 N–H and O–H groups in total. The molecule has 5 rings (SSSR count). The molecule has 0 radical (unpaired) electrons. The predicted molar refractivity (Wildman–Crippen MR) is 131 cm³/mol. The molecule has 174 valence electrons. The summed E-state index contributed by atoms with van der Waals surface area (Å²) in [6.07, 6.45) is 0.0101. The van der Waals surface area contributed by atoms with Crippen LogP contribution in [0, 0.1) is 5.92 Å². The lowest BCUT2D eigenvalue weighted by Gasteiger charge is -2.38. The molecule has 0 aromatic heterocycles. The number of amides is 1. The van der Waals surface area contributed by atoms with Gasteiger partial charge in [0.25, 0.3) is 0 Å². The maximum absolute atomic E-state index is 13.5. The Kier molecular flexibility index (Phi) is 5.64. The standard InChI is InChI=1S/C29H29NO4/c1-19(2)17-30(29(27(31)32)15-20-9-3-4-10-21(20)16-29)28(33)34-18-26-24-13-7-5-11-22(24)23-12-6-8-14-25(23)26/h3-14,19,26H,15-18H2,1-2H3,(H,31,32). The van der Waals surface area contributed by atoms with Crippen molar-refractivity contribution in [1.82, 2.24) is 4.90 Å². The van der Waals surface area contributed by atoms with Gasteiger partial charge in [-0.25, -0.2) is 9.59 Å². The van der Waals surface area contributed by atoms with Gasteiger partial charge >= 0.3 is 12.1 Å².